The lowest BCUT2D eigenvalue weighted by atomic mass is 10.1. The molecule has 27 heavy (non-hydrogen) atoms. The summed E-state index contributed by atoms with van der Waals surface area (Å²) in [5.41, 5.74) is 4.03. The summed E-state index contributed by atoms with van der Waals surface area (Å²) in [7, 11) is -3.50. The molecule has 1 fully saturated rings. The van der Waals surface area contributed by atoms with Crippen LogP contribution in [0.1, 0.15) is 28.4 Å². The van der Waals surface area contributed by atoms with Gasteiger partial charge in [0.05, 0.1) is 17.6 Å². The van der Waals surface area contributed by atoms with E-state index in [1.807, 2.05) is 45.0 Å². The summed E-state index contributed by atoms with van der Waals surface area (Å²) in [5, 5.41) is 0. The lowest BCUT2D eigenvalue weighted by Crippen LogP contribution is -2.42. The maximum Gasteiger partial charge on any atom is 0.240 e. The van der Waals surface area contributed by atoms with Crippen LogP contribution in [0.3, 0.4) is 0 Å². The van der Waals surface area contributed by atoms with Gasteiger partial charge >= 0.3 is 0 Å². The van der Waals surface area contributed by atoms with Gasteiger partial charge in [-0.25, -0.2) is 13.1 Å². The molecular weight excluding hydrogens is 360 g/mol. The van der Waals surface area contributed by atoms with E-state index in [0.717, 1.165) is 35.3 Å². The van der Waals surface area contributed by atoms with Crippen molar-refractivity contribution in [2.75, 3.05) is 32.8 Å². The van der Waals surface area contributed by atoms with Crippen LogP contribution in [-0.2, 0) is 14.8 Å². The molecule has 1 N–H and O–H groups in total. The van der Waals surface area contributed by atoms with Gasteiger partial charge < -0.3 is 4.74 Å². The van der Waals surface area contributed by atoms with E-state index in [2.05, 4.69) is 21.8 Å². The van der Waals surface area contributed by atoms with Gasteiger partial charge in [0.1, 0.15) is 0 Å². The highest BCUT2D eigenvalue weighted by Crippen LogP contribution is 2.22. The van der Waals surface area contributed by atoms with Gasteiger partial charge in [0.25, 0.3) is 0 Å². The highest BCUT2D eigenvalue weighted by molar-refractivity contribution is 7.89. The number of rotatable bonds is 6. The van der Waals surface area contributed by atoms with Gasteiger partial charge in [0.2, 0.25) is 10.0 Å². The second kappa shape index (κ2) is 8.52. The van der Waals surface area contributed by atoms with Crippen LogP contribution in [0.2, 0.25) is 0 Å². The van der Waals surface area contributed by atoms with Crippen LogP contribution in [0.4, 0.5) is 0 Å². The summed E-state index contributed by atoms with van der Waals surface area (Å²) in [5.74, 6) is 0. The summed E-state index contributed by atoms with van der Waals surface area (Å²) >= 11 is 0. The fourth-order valence-electron chi connectivity index (χ4n) is 3.41. The van der Waals surface area contributed by atoms with Gasteiger partial charge in [-0.1, -0.05) is 36.4 Å². The van der Waals surface area contributed by atoms with Crippen molar-refractivity contribution in [1.82, 2.24) is 9.62 Å². The Kier molecular flexibility index (Phi) is 6.32. The lowest BCUT2D eigenvalue weighted by molar-refractivity contribution is -0.0291. The molecule has 0 bridgehead atoms. The van der Waals surface area contributed by atoms with E-state index in [9.17, 15) is 8.42 Å². The molecule has 1 aliphatic rings. The van der Waals surface area contributed by atoms with Crippen LogP contribution in [0.5, 0.6) is 0 Å². The lowest BCUT2D eigenvalue weighted by Gasteiger charge is -2.33. The van der Waals surface area contributed by atoms with Gasteiger partial charge in [-0.2, -0.15) is 0 Å². The largest absolute Gasteiger partial charge is 0.371 e. The number of aryl methyl sites for hydroxylation is 3. The van der Waals surface area contributed by atoms with Crippen LogP contribution in [0.15, 0.2) is 47.4 Å². The van der Waals surface area contributed by atoms with Gasteiger partial charge in [0.15, 0.2) is 0 Å². The van der Waals surface area contributed by atoms with Gasteiger partial charge in [0, 0.05) is 26.2 Å². The molecule has 1 saturated heterocycles. The first-order valence-corrected chi connectivity index (χ1v) is 10.8. The van der Waals surface area contributed by atoms with Gasteiger partial charge in [-0.05, 0) is 49.1 Å². The second-order valence-electron chi connectivity index (χ2n) is 7.17. The molecule has 0 aromatic heterocycles. The maximum absolute atomic E-state index is 12.7. The minimum absolute atomic E-state index is 0.0403. The van der Waals surface area contributed by atoms with E-state index in [0.29, 0.717) is 24.6 Å². The Hall–Kier alpha value is -1.73. The number of morpholine rings is 1. The van der Waals surface area contributed by atoms with Crippen LogP contribution >= 0.6 is 0 Å². The van der Waals surface area contributed by atoms with Crippen molar-refractivity contribution < 1.29 is 13.2 Å². The van der Waals surface area contributed by atoms with E-state index < -0.39 is 10.0 Å². The topological polar surface area (TPSA) is 58.6 Å². The Morgan fingerprint density at radius 2 is 1.78 bits per heavy atom. The summed E-state index contributed by atoms with van der Waals surface area (Å²) in [4.78, 5) is 2.62. The molecule has 0 saturated carbocycles. The Morgan fingerprint density at radius 1 is 1.07 bits per heavy atom. The van der Waals surface area contributed by atoms with Gasteiger partial charge in [-0.3, -0.25) is 4.90 Å². The molecule has 1 atom stereocenters. The van der Waals surface area contributed by atoms with Crippen molar-refractivity contribution in [3.63, 3.8) is 0 Å². The minimum atomic E-state index is -3.50. The van der Waals surface area contributed by atoms with Crippen LogP contribution in [-0.4, -0.2) is 46.1 Å². The predicted molar refractivity (Wildman–Crippen MR) is 107 cm³/mol. The molecule has 2 aromatic carbocycles. The average molecular weight is 389 g/mol. The smallest absolute Gasteiger partial charge is 0.240 e. The Bertz CT molecular complexity index is 882. The SMILES string of the molecule is Cc1cc(C)c(S(=O)(=O)NCCN2CCOC(c3ccccc3)C2)cc1C. The van der Waals surface area contributed by atoms with E-state index in [-0.39, 0.29) is 6.10 Å². The maximum atomic E-state index is 12.7. The molecule has 0 aliphatic carbocycles. The molecule has 0 spiro atoms. The van der Waals surface area contributed by atoms with Crippen LogP contribution in [0.25, 0.3) is 0 Å². The third kappa shape index (κ3) is 4.96. The predicted octanol–water partition coefficient (Wildman–Crippen LogP) is 2.96. The fraction of sp³-hybridized carbons (Fsp3) is 0.429. The monoisotopic (exact) mass is 388 g/mol. The normalized spacial score (nSPS) is 18.6. The summed E-state index contributed by atoms with van der Waals surface area (Å²) in [6.45, 7) is 9.06. The molecule has 3 rings (SSSR count). The molecule has 0 amide bonds. The zero-order chi connectivity index (χ0) is 19.4. The number of nitrogens with zero attached hydrogens (tertiary/aromatic N) is 1. The highest BCUT2D eigenvalue weighted by Gasteiger charge is 2.23. The highest BCUT2D eigenvalue weighted by atomic mass is 32.2. The van der Waals surface area contributed by atoms with E-state index >= 15 is 0 Å². The Morgan fingerprint density at radius 3 is 2.52 bits per heavy atom. The molecule has 1 unspecified atom stereocenters. The zero-order valence-electron chi connectivity index (χ0n) is 16.2. The fourth-order valence-corrected chi connectivity index (χ4v) is 4.74. The Balaban J connectivity index is 1.58. The van der Waals surface area contributed by atoms with Crippen molar-refractivity contribution in [2.24, 2.45) is 0 Å². The molecule has 5 nitrogen and oxygen atoms in total. The van der Waals surface area contributed by atoms with E-state index in [1.165, 1.54) is 0 Å². The third-order valence-electron chi connectivity index (χ3n) is 5.12. The number of hydrogen-bond donors (Lipinski definition) is 1. The van der Waals surface area contributed by atoms with Crippen molar-refractivity contribution >= 4 is 10.0 Å². The van der Waals surface area contributed by atoms with Crippen molar-refractivity contribution in [3.05, 3.63) is 64.7 Å². The van der Waals surface area contributed by atoms with E-state index in [4.69, 9.17) is 4.74 Å². The molecular formula is C21H28N2O3S. The Labute approximate surface area is 162 Å². The molecule has 1 aliphatic heterocycles. The zero-order valence-corrected chi connectivity index (χ0v) is 17.1. The van der Waals surface area contributed by atoms with Crippen molar-refractivity contribution in [2.45, 2.75) is 31.8 Å². The molecule has 2 aromatic rings. The summed E-state index contributed by atoms with van der Waals surface area (Å²) in [6.07, 6.45) is 0.0403. The third-order valence-corrected chi connectivity index (χ3v) is 6.73. The van der Waals surface area contributed by atoms with E-state index in [1.54, 1.807) is 6.07 Å². The molecule has 6 heteroatoms. The second-order valence-corrected chi connectivity index (χ2v) is 8.91. The molecule has 1 heterocycles. The van der Waals surface area contributed by atoms with Crippen molar-refractivity contribution in [3.8, 4) is 0 Å². The number of benzene rings is 2. The first kappa shape index (κ1) is 20.0. The first-order valence-electron chi connectivity index (χ1n) is 9.33. The first-order chi connectivity index (χ1) is 12.9. The molecule has 0 radical (unpaired) electrons. The quantitative estimate of drug-likeness (QED) is 0.827. The standard InChI is InChI=1S/C21H28N2O3S/c1-16-13-18(3)21(14-17(16)2)27(24,25)22-9-10-23-11-12-26-20(15-23)19-7-5-4-6-8-19/h4-8,13-14,20,22H,9-12,15H2,1-3H3. The van der Waals surface area contributed by atoms with Gasteiger partial charge in [-0.15, -0.1) is 0 Å². The number of sulfonamides is 1. The van der Waals surface area contributed by atoms with Crippen molar-refractivity contribution in [1.29, 1.82) is 0 Å². The average Bonchev–Trinajstić information content (AvgIpc) is 2.65. The molecule has 146 valence electrons. The van der Waals surface area contributed by atoms with Crippen LogP contribution in [0, 0.1) is 20.8 Å². The summed E-state index contributed by atoms with van der Waals surface area (Å²) < 4.78 is 34.0. The number of hydrogen-bond acceptors (Lipinski definition) is 4. The number of nitrogens with one attached hydrogen (secondary N) is 1. The number of ether oxygens (including phenoxy) is 1. The minimum Gasteiger partial charge on any atom is -0.371 e. The van der Waals surface area contributed by atoms with Crippen LogP contribution < -0.4 is 4.72 Å². The summed E-state index contributed by atoms with van der Waals surface area (Å²) in [6, 6.07) is 13.8.